The second kappa shape index (κ2) is 6.84. The molecule has 2 rings (SSSR count). The van der Waals surface area contributed by atoms with E-state index in [-0.39, 0.29) is 5.50 Å². The number of H-pyrrole nitrogens is 1. The highest BCUT2D eigenvalue weighted by Crippen LogP contribution is 2.24. The summed E-state index contributed by atoms with van der Waals surface area (Å²) in [4.78, 5) is 14.2. The highest BCUT2D eigenvalue weighted by molar-refractivity contribution is 7.81. The highest BCUT2D eigenvalue weighted by atomic mass is 32.1. The van der Waals surface area contributed by atoms with Crippen LogP contribution in [0.1, 0.15) is 45.2 Å². The molecule has 1 aromatic rings. The molecule has 0 saturated carbocycles. The van der Waals surface area contributed by atoms with Crippen LogP contribution in [0.25, 0.3) is 0 Å². The van der Waals surface area contributed by atoms with Crippen molar-refractivity contribution in [2.75, 3.05) is 18.0 Å². The third kappa shape index (κ3) is 3.23. The van der Waals surface area contributed by atoms with Crippen LogP contribution in [-0.4, -0.2) is 34.4 Å². The molecule has 1 aliphatic heterocycles. The molecule has 0 fully saturated rings. The molecule has 1 aromatic heterocycles. The van der Waals surface area contributed by atoms with Crippen LogP contribution >= 0.6 is 12.6 Å². The largest absolute Gasteiger partial charge is 0.340 e. The molecular formula is C13H23N5S. The van der Waals surface area contributed by atoms with Crippen LogP contribution in [-0.2, 0) is 0 Å². The van der Waals surface area contributed by atoms with Crippen molar-refractivity contribution in [3.05, 3.63) is 12.0 Å². The van der Waals surface area contributed by atoms with Gasteiger partial charge in [-0.2, -0.15) is 0 Å². The maximum absolute atomic E-state index is 4.61. The number of nitrogens with zero attached hydrogens (tertiary/aromatic N) is 3. The summed E-state index contributed by atoms with van der Waals surface area (Å²) in [5.74, 6) is 1.82. The number of thiol groups is 1. The summed E-state index contributed by atoms with van der Waals surface area (Å²) in [6.45, 7) is 5.97. The number of amidine groups is 1. The standard InChI is InChI=1S/C13H23N5S/c1-3-5-6-7-8-18-12-10(15-9-16-12)11(14-4-2)17-13(18)19/h9,13,19H,3-8H2,1-2H3,(H,14,17)(H,15,16). The number of unbranched alkanes of at least 4 members (excludes halogenated alkanes) is 3. The van der Waals surface area contributed by atoms with E-state index in [1.54, 1.807) is 6.33 Å². The van der Waals surface area contributed by atoms with Crippen molar-refractivity contribution in [2.45, 2.75) is 45.0 Å². The van der Waals surface area contributed by atoms with E-state index in [1.165, 1.54) is 25.7 Å². The summed E-state index contributed by atoms with van der Waals surface area (Å²) in [5, 5.41) is 3.32. The Balaban J connectivity index is 2.08. The lowest BCUT2D eigenvalue weighted by Crippen LogP contribution is -2.50. The van der Waals surface area contributed by atoms with Crippen molar-refractivity contribution in [3.8, 4) is 0 Å². The molecule has 106 valence electrons. The van der Waals surface area contributed by atoms with Crippen LogP contribution < -0.4 is 10.2 Å². The summed E-state index contributed by atoms with van der Waals surface area (Å²) in [7, 11) is 0. The quantitative estimate of drug-likeness (QED) is 0.554. The van der Waals surface area contributed by atoms with E-state index in [2.05, 4.69) is 44.7 Å². The van der Waals surface area contributed by atoms with Crippen molar-refractivity contribution >= 4 is 24.3 Å². The number of rotatable bonds is 6. The van der Waals surface area contributed by atoms with E-state index in [9.17, 15) is 0 Å². The molecule has 19 heavy (non-hydrogen) atoms. The predicted molar refractivity (Wildman–Crippen MR) is 83.1 cm³/mol. The first-order valence-corrected chi connectivity index (χ1v) is 7.59. The minimum absolute atomic E-state index is 0.0530. The van der Waals surface area contributed by atoms with Gasteiger partial charge in [0.2, 0.25) is 0 Å². The molecule has 0 spiro atoms. The van der Waals surface area contributed by atoms with Gasteiger partial charge in [0.1, 0.15) is 11.2 Å². The van der Waals surface area contributed by atoms with Crippen LogP contribution in [0, 0.1) is 0 Å². The number of hydrogen-bond donors (Lipinski definition) is 3. The Labute approximate surface area is 120 Å². The van der Waals surface area contributed by atoms with E-state index in [1.807, 2.05) is 6.92 Å². The Bertz CT molecular complexity index is 428. The molecule has 0 amide bonds. The van der Waals surface area contributed by atoms with E-state index in [0.717, 1.165) is 30.4 Å². The van der Waals surface area contributed by atoms with Crippen molar-refractivity contribution in [2.24, 2.45) is 4.99 Å². The van der Waals surface area contributed by atoms with Gasteiger partial charge >= 0.3 is 0 Å². The van der Waals surface area contributed by atoms with Gasteiger partial charge in [-0.3, -0.25) is 4.99 Å². The fraction of sp³-hybridized carbons (Fsp3) is 0.692. The topological polar surface area (TPSA) is 56.3 Å². The van der Waals surface area contributed by atoms with Crippen molar-refractivity contribution < 1.29 is 0 Å². The maximum atomic E-state index is 4.61. The first-order valence-electron chi connectivity index (χ1n) is 7.07. The van der Waals surface area contributed by atoms with Crippen LogP contribution in [0.5, 0.6) is 0 Å². The van der Waals surface area contributed by atoms with Gasteiger partial charge in [0, 0.05) is 13.1 Å². The van der Waals surface area contributed by atoms with Gasteiger partial charge in [-0.25, -0.2) is 4.98 Å². The van der Waals surface area contributed by atoms with Crippen LogP contribution in [0.15, 0.2) is 11.3 Å². The SMILES string of the molecule is CCCCCCN1c2nc[nH]c2C(=NCC)NC1S. The van der Waals surface area contributed by atoms with Crippen molar-refractivity contribution in [1.29, 1.82) is 0 Å². The molecular weight excluding hydrogens is 258 g/mol. The molecule has 0 bridgehead atoms. The van der Waals surface area contributed by atoms with Gasteiger partial charge in [0.25, 0.3) is 0 Å². The molecule has 0 radical (unpaired) electrons. The second-order valence-electron chi connectivity index (χ2n) is 4.70. The summed E-state index contributed by atoms with van der Waals surface area (Å²) >= 11 is 4.61. The Morgan fingerprint density at radius 1 is 1.37 bits per heavy atom. The minimum atomic E-state index is -0.0530. The zero-order valence-corrected chi connectivity index (χ0v) is 12.6. The summed E-state index contributed by atoms with van der Waals surface area (Å²) in [6, 6.07) is 0. The second-order valence-corrected chi connectivity index (χ2v) is 5.19. The molecule has 1 aliphatic rings. The number of hydrogen-bond acceptors (Lipinski definition) is 4. The monoisotopic (exact) mass is 281 g/mol. The third-order valence-electron chi connectivity index (χ3n) is 3.26. The van der Waals surface area contributed by atoms with Gasteiger partial charge in [-0.05, 0) is 13.3 Å². The smallest absolute Gasteiger partial charge is 0.160 e. The minimum Gasteiger partial charge on any atom is -0.340 e. The average molecular weight is 281 g/mol. The normalized spacial score (nSPS) is 20.5. The number of aromatic nitrogens is 2. The predicted octanol–water partition coefficient (Wildman–Crippen LogP) is 2.38. The molecule has 2 N–H and O–H groups in total. The van der Waals surface area contributed by atoms with E-state index in [4.69, 9.17) is 0 Å². The van der Waals surface area contributed by atoms with Crippen LogP contribution in [0.2, 0.25) is 0 Å². The van der Waals surface area contributed by atoms with E-state index < -0.39 is 0 Å². The zero-order valence-electron chi connectivity index (χ0n) is 11.7. The first kappa shape index (κ1) is 14.2. The number of aromatic amines is 1. The van der Waals surface area contributed by atoms with Gasteiger partial charge in [-0.15, -0.1) is 12.6 Å². The average Bonchev–Trinajstić information content (AvgIpc) is 2.87. The van der Waals surface area contributed by atoms with Crippen LogP contribution in [0.4, 0.5) is 5.82 Å². The highest BCUT2D eigenvalue weighted by Gasteiger charge is 2.28. The van der Waals surface area contributed by atoms with Crippen LogP contribution in [0.3, 0.4) is 0 Å². The van der Waals surface area contributed by atoms with Gasteiger partial charge in [0.05, 0.1) is 6.33 Å². The van der Waals surface area contributed by atoms with Gasteiger partial charge in [0.15, 0.2) is 11.7 Å². The summed E-state index contributed by atoms with van der Waals surface area (Å²) in [5.41, 5.74) is 0.922. The number of anilines is 1. The molecule has 0 aromatic carbocycles. The summed E-state index contributed by atoms with van der Waals surface area (Å²) in [6.07, 6.45) is 6.68. The maximum Gasteiger partial charge on any atom is 0.160 e. The van der Waals surface area contributed by atoms with Gasteiger partial charge in [-0.1, -0.05) is 26.2 Å². The summed E-state index contributed by atoms with van der Waals surface area (Å²) < 4.78 is 0. The fourth-order valence-electron chi connectivity index (χ4n) is 2.29. The number of fused-ring (bicyclic) bond motifs is 1. The molecule has 6 heteroatoms. The Hall–Kier alpha value is -1.17. The number of imidazole rings is 1. The lowest BCUT2D eigenvalue weighted by Gasteiger charge is -2.35. The molecule has 1 unspecified atom stereocenters. The van der Waals surface area contributed by atoms with Crippen molar-refractivity contribution in [3.63, 3.8) is 0 Å². The molecule has 0 saturated heterocycles. The van der Waals surface area contributed by atoms with E-state index in [0.29, 0.717) is 0 Å². The lowest BCUT2D eigenvalue weighted by atomic mass is 10.2. The Morgan fingerprint density at radius 3 is 2.95 bits per heavy atom. The Kier molecular flexibility index (Phi) is 5.13. The molecule has 2 heterocycles. The number of nitrogens with one attached hydrogen (secondary N) is 2. The third-order valence-corrected chi connectivity index (χ3v) is 3.67. The molecule has 0 aliphatic carbocycles. The zero-order chi connectivity index (χ0) is 13.7. The lowest BCUT2D eigenvalue weighted by molar-refractivity contribution is 0.614. The molecule has 5 nitrogen and oxygen atoms in total. The van der Waals surface area contributed by atoms with Gasteiger partial charge < -0.3 is 15.2 Å². The van der Waals surface area contributed by atoms with Crippen molar-refractivity contribution in [1.82, 2.24) is 15.3 Å². The fourth-order valence-corrected chi connectivity index (χ4v) is 2.63. The first-order chi connectivity index (χ1) is 9.27. The number of aliphatic imine (C=N–C) groups is 1. The van der Waals surface area contributed by atoms with E-state index >= 15 is 0 Å². The Morgan fingerprint density at radius 2 is 2.21 bits per heavy atom. The molecule has 1 atom stereocenters.